The van der Waals surface area contributed by atoms with Crippen LogP contribution in [-0.4, -0.2) is 88.4 Å². The predicted molar refractivity (Wildman–Crippen MR) is 382 cm³/mol. The standard InChI is InChI=1S/C85H64N6O9/c92-55-67-22-13-61(14-23-67)10-19-64-28-34-79(86-49-64)82-37-31-70(52-89-82)58-95-40-43-98-76-7-1-4-73(46-76)85(74-5-2-8-77(47-74)99-44-41-96-59-71-32-38-83(90-53-71)80-35-29-65(50-87-80)20-11-62-15-24-68(56-93)25-16-62)75-6-3-9-78(48-75)100-45-42-97-60-72-33-39-84(91-54-72)81-36-30-66(51-88-81)21-12-63-17-26-69(57-94)27-18-63/h1-9,13-18,22-39,46-57,85H,40-45,58-60H2. The molecule has 0 spiro atoms. The summed E-state index contributed by atoms with van der Waals surface area (Å²) in [7, 11) is 0. The molecule has 6 heterocycles. The van der Waals surface area contributed by atoms with Gasteiger partial charge in [-0.25, -0.2) is 0 Å². The number of rotatable bonds is 27. The number of carbonyl (C=O) groups excluding carboxylic acids is 3. The van der Waals surface area contributed by atoms with Gasteiger partial charge >= 0.3 is 0 Å². The Hall–Kier alpha value is -12.8. The molecule has 0 fully saturated rings. The molecule has 12 aromatic rings. The molecule has 0 amide bonds. The van der Waals surface area contributed by atoms with Gasteiger partial charge in [-0.1, -0.05) is 127 Å². The number of carbonyl (C=O) groups is 3. The fourth-order valence-electron chi connectivity index (χ4n) is 10.4. The van der Waals surface area contributed by atoms with Gasteiger partial charge in [0, 0.05) is 93.2 Å². The third-order valence-electron chi connectivity index (χ3n) is 15.6. The maximum atomic E-state index is 11.0. The summed E-state index contributed by atoms with van der Waals surface area (Å²) < 4.78 is 37.2. The van der Waals surface area contributed by atoms with Crippen LogP contribution in [0.4, 0.5) is 0 Å². The van der Waals surface area contributed by atoms with Gasteiger partial charge in [0.25, 0.3) is 0 Å². The first kappa shape index (κ1) is 67.2. The Morgan fingerprint density at radius 3 is 0.790 bits per heavy atom. The molecule has 0 aliphatic rings. The van der Waals surface area contributed by atoms with Gasteiger partial charge in [-0.15, -0.1) is 0 Å². The van der Waals surface area contributed by atoms with Crippen LogP contribution in [0.25, 0.3) is 34.2 Å². The van der Waals surface area contributed by atoms with E-state index < -0.39 is 0 Å². The lowest BCUT2D eigenvalue weighted by molar-refractivity contribution is 0.0887. The van der Waals surface area contributed by atoms with Crippen LogP contribution >= 0.6 is 0 Å². The fourth-order valence-corrected chi connectivity index (χ4v) is 10.4. The van der Waals surface area contributed by atoms with Crippen LogP contribution < -0.4 is 14.2 Å². The maximum Gasteiger partial charge on any atom is 0.150 e. The normalized spacial score (nSPS) is 10.7. The lowest BCUT2D eigenvalue weighted by Gasteiger charge is -2.21. The zero-order chi connectivity index (χ0) is 68.3. The van der Waals surface area contributed by atoms with Crippen LogP contribution in [0.2, 0.25) is 0 Å². The molecule has 0 N–H and O–H groups in total. The van der Waals surface area contributed by atoms with Crippen molar-refractivity contribution in [3.05, 3.63) is 339 Å². The van der Waals surface area contributed by atoms with Crippen LogP contribution in [-0.2, 0) is 34.0 Å². The van der Waals surface area contributed by atoms with Gasteiger partial charge in [0.05, 0.1) is 73.8 Å². The van der Waals surface area contributed by atoms with E-state index in [1.807, 2.05) is 146 Å². The van der Waals surface area contributed by atoms with Gasteiger partial charge in [-0.2, -0.15) is 0 Å². The van der Waals surface area contributed by atoms with Gasteiger partial charge < -0.3 is 28.4 Å². The number of aldehydes is 3. The quantitative estimate of drug-likeness (QED) is 0.0205. The molecule has 12 rings (SSSR count). The van der Waals surface area contributed by atoms with Crippen molar-refractivity contribution in [2.24, 2.45) is 0 Å². The minimum absolute atomic E-state index is 0.246. The number of nitrogens with zero attached hydrogens (tertiary/aromatic N) is 6. The molecule has 0 aliphatic heterocycles. The third-order valence-corrected chi connectivity index (χ3v) is 15.6. The average molecular weight is 1310 g/mol. The second-order valence-corrected chi connectivity index (χ2v) is 22.8. The number of benzene rings is 6. The van der Waals surface area contributed by atoms with E-state index in [0.717, 1.165) is 120 Å². The zero-order valence-corrected chi connectivity index (χ0v) is 54.3. The maximum absolute atomic E-state index is 11.0. The molecule has 0 atom stereocenters. The highest BCUT2D eigenvalue weighted by atomic mass is 16.5. The smallest absolute Gasteiger partial charge is 0.150 e. The minimum Gasteiger partial charge on any atom is -0.491 e. The van der Waals surface area contributed by atoms with E-state index in [4.69, 9.17) is 28.4 Å². The van der Waals surface area contributed by atoms with E-state index >= 15 is 0 Å². The lowest BCUT2D eigenvalue weighted by atomic mass is 9.85. The Balaban J connectivity index is 0.645. The van der Waals surface area contributed by atoms with Crippen molar-refractivity contribution in [3.8, 4) is 86.9 Å². The molecule has 0 saturated heterocycles. The van der Waals surface area contributed by atoms with Gasteiger partial charge in [-0.3, -0.25) is 44.3 Å². The van der Waals surface area contributed by atoms with Gasteiger partial charge in [0.2, 0.25) is 0 Å². The van der Waals surface area contributed by atoms with Crippen molar-refractivity contribution in [1.29, 1.82) is 0 Å². The Morgan fingerprint density at radius 1 is 0.280 bits per heavy atom. The molecule has 0 bridgehead atoms. The summed E-state index contributed by atoms with van der Waals surface area (Å²) in [5.74, 6) is 20.5. The predicted octanol–water partition coefficient (Wildman–Crippen LogP) is 14.7. The monoisotopic (exact) mass is 1310 g/mol. The van der Waals surface area contributed by atoms with E-state index in [2.05, 4.69) is 102 Å². The Bertz CT molecular complexity index is 4410. The van der Waals surface area contributed by atoms with Crippen LogP contribution in [0.5, 0.6) is 17.2 Å². The Morgan fingerprint density at radius 2 is 0.540 bits per heavy atom. The molecule has 6 aromatic heterocycles. The summed E-state index contributed by atoms with van der Waals surface area (Å²) in [6.45, 7) is 3.07. The molecule has 0 unspecified atom stereocenters. The topological polar surface area (TPSA) is 184 Å². The first-order valence-electron chi connectivity index (χ1n) is 32.2. The zero-order valence-electron chi connectivity index (χ0n) is 54.3. The van der Waals surface area contributed by atoms with E-state index in [1.54, 1.807) is 73.6 Å². The Kier molecular flexibility index (Phi) is 23.3. The number of hydrogen-bond donors (Lipinski definition) is 0. The van der Waals surface area contributed by atoms with E-state index in [9.17, 15) is 14.4 Å². The summed E-state index contributed by atoms with van der Waals surface area (Å²) in [5, 5.41) is 0. The second-order valence-electron chi connectivity index (χ2n) is 22.8. The molecule has 0 saturated carbocycles. The summed E-state index contributed by atoms with van der Waals surface area (Å²) in [6, 6.07) is 68.8. The van der Waals surface area contributed by atoms with Gasteiger partial charge in [0.15, 0.2) is 0 Å². The van der Waals surface area contributed by atoms with Crippen LogP contribution in [0.15, 0.2) is 256 Å². The Labute approximate surface area is 579 Å². The molecule has 0 radical (unpaired) electrons. The highest BCUT2D eigenvalue weighted by Gasteiger charge is 2.20. The first-order valence-corrected chi connectivity index (χ1v) is 32.2. The summed E-state index contributed by atoms with van der Waals surface area (Å²) >= 11 is 0. The van der Waals surface area contributed by atoms with Crippen molar-refractivity contribution >= 4 is 18.9 Å². The van der Waals surface area contributed by atoms with Crippen molar-refractivity contribution < 1.29 is 42.8 Å². The van der Waals surface area contributed by atoms with E-state index in [0.29, 0.717) is 93.4 Å². The number of aromatic nitrogens is 6. The fraction of sp³-hybridized carbons (Fsp3) is 0.118. The van der Waals surface area contributed by atoms with Crippen molar-refractivity contribution in [1.82, 2.24) is 29.9 Å². The van der Waals surface area contributed by atoms with Crippen LogP contribution in [0.3, 0.4) is 0 Å². The molecular formula is C85H64N6O9. The van der Waals surface area contributed by atoms with Crippen molar-refractivity contribution in [3.63, 3.8) is 0 Å². The van der Waals surface area contributed by atoms with E-state index in [1.165, 1.54) is 0 Å². The molecule has 6 aromatic carbocycles. The molecule has 15 heteroatoms. The SMILES string of the molecule is O=Cc1ccc(C#Cc2ccc(-c3ccc(COCCOc4cccc(C(c5cccc(OCCOCc6ccc(-c7ccc(C#Cc8ccc(C=O)cc8)cn7)nc6)c5)c5cccc(OCCOCc6ccc(-c7ccc(C#Cc8ccc(C=O)cc8)cn7)nc6)c5)c4)cn3)nc2)cc1. The average Bonchev–Trinajstić information content (AvgIpc) is 0.800. The molecule has 100 heavy (non-hydrogen) atoms. The van der Waals surface area contributed by atoms with Crippen LogP contribution in [0, 0.1) is 35.5 Å². The number of hydrogen-bond acceptors (Lipinski definition) is 15. The number of ether oxygens (including phenoxy) is 6. The highest BCUT2D eigenvalue weighted by molar-refractivity contribution is 5.76. The minimum atomic E-state index is -0.246. The summed E-state index contributed by atoms with van der Waals surface area (Å²) in [4.78, 5) is 60.7. The first-order chi connectivity index (χ1) is 49.3. The van der Waals surface area contributed by atoms with Crippen LogP contribution in [0.1, 0.15) is 104 Å². The number of pyridine rings is 6. The molecule has 15 nitrogen and oxygen atoms in total. The lowest BCUT2D eigenvalue weighted by Crippen LogP contribution is -2.10. The largest absolute Gasteiger partial charge is 0.491 e. The summed E-state index contributed by atoms with van der Waals surface area (Å²) in [6.07, 6.45) is 13.0. The third kappa shape index (κ3) is 19.5. The molecular weight excluding hydrogens is 1250 g/mol. The van der Waals surface area contributed by atoms with Crippen molar-refractivity contribution in [2.75, 3.05) is 39.6 Å². The highest BCUT2D eigenvalue weighted by Crippen LogP contribution is 2.37. The van der Waals surface area contributed by atoms with Gasteiger partial charge in [0.1, 0.15) is 55.9 Å². The van der Waals surface area contributed by atoms with Gasteiger partial charge in [-0.05, 0) is 161 Å². The summed E-state index contributed by atoms with van der Waals surface area (Å²) in [5.41, 5.74) is 16.7. The molecule has 0 aliphatic carbocycles. The second kappa shape index (κ2) is 34.7. The molecule has 488 valence electrons. The van der Waals surface area contributed by atoms with Crippen molar-refractivity contribution in [2.45, 2.75) is 25.7 Å². The van der Waals surface area contributed by atoms with E-state index in [-0.39, 0.29) is 5.92 Å².